The van der Waals surface area contributed by atoms with Crippen LogP contribution in [0.5, 0.6) is 0 Å². The minimum absolute atomic E-state index is 0. The Morgan fingerprint density at radius 3 is 2.08 bits per heavy atom. The number of rotatable bonds is 2. The van der Waals surface area contributed by atoms with Crippen molar-refractivity contribution in [2.24, 2.45) is 0 Å². The average Bonchev–Trinajstić information content (AvgIpc) is 2.03. The van der Waals surface area contributed by atoms with Crippen LogP contribution in [-0.2, 0) is 4.79 Å². The van der Waals surface area contributed by atoms with Gasteiger partial charge in [-0.05, 0) is 11.6 Å². The molecule has 0 aliphatic heterocycles. The van der Waals surface area contributed by atoms with E-state index in [-0.39, 0.29) is 59.1 Å². The van der Waals surface area contributed by atoms with Gasteiger partial charge in [-0.3, -0.25) is 4.79 Å². The third-order valence-corrected chi connectivity index (χ3v) is 1.17. The van der Waals surface area contributed by atoms with Crippen LogP contribution in [-0.4, -0.2) is 65.4 Å². The van der Waals surface area contributed by atoms with Crippen molar-refractivity contribution in [1.82, 2.24) is 0 Å². The summed E-state index contributed by atoms with van der Waals surface area (Å²) in [5, 5.41) is 0. The summed E-state index contributed by atoms with van der Waals surface area (Å²) in [7, 11) is 0. The van der Waals surface area contributed by atoms with Crippen LogP contribution in [0.2, 0.25) is 0 Å². The number of benzene rings is 1. The number of carbonyl (C=O) groups excluding carboxylic acids is 1. The molecular formula is C9H10Na2O. The molecule has 0 aliphatic rings. The Morgan fingerprint density at radius 2 is 1.58 bits per heavy atom. The monoisotopic (exact) mass is 180 g/mol. The third-order valence-electron chi connectivity index (χ3n) is 1.17. The van der Waals surface area contributed by atoms with E-state index in [2.05, 4.69) is 0 Å². The van der Waals surface area contributed by atoms with Gasteiger partial charge in [-0.25, -0.2) is 0 Å². The zero-order chi connectivity index (χ0) is 7.23. The van der Waals surface area contributed by atoms with Gasteiger partial charge < -0.3 is 0 Å². The molecule has 3 heteroatoms. The van der Waals surface area contributed by atoms with Crippen molar-refractivity contribution < 1.29 is 4.79 Å². The van der Waals surface area contributed by atoms with Gasteiger partial charge in [-0.1, -0.05) is 36.4 Å². The van der Waals surface area contributed by atoms with Gasteiger partial charge in [-0.2, -0.15) is 0 Å². The first-order valence-electron chi connectivity index (χ1n) is 3.10. The Kier molecular flexibility index (Phi) is 12.2. The van der Waals surface area contributed by atoms with E-state index >= 15 is 0 Å². The number of aldehydes is 1. The Bertz CT molecular complexity index is 232. The van der Waals surface area contributed by atoms with Crippen LogP contribution in [0, 0.1) is 0 Å². The number of hydrogen-bond acceptors (Lipinski definition) is 1. The van der Waals surface area contributed by atoms with Crippen LogP contribution in [0.1, 0.15) is 5.56 Å². The summed E-state index contributed by atoms with van der Waals surface area (Å²) in [5.41, 5.74) is 1.05. The molecule has 0 N–H and O–H groups in total. The summed E-state index contributed by atoms with van der Waals surface area (Å²) in [6.45, 7) is 0. The van der Waals surface area contributed by atoms with Gasteiger partial charge in [0.25, 0.3) is 0 Å². The van der Waals surface area contributed by atoms with Crippen LogP contribution in [0.4, 0.5) is 0 Å². The van der Waals surface area contributed by atoms with Crippen LogP contribution >= 0.6 is 0 Å². The van der Waals surface area contributed by atoms with E-state index in [4.69, 9.17) is 0 Å². The van der Waals surface area contributed by atoms with Crippen molar-refractivity contribution in [3.63, 3.8) is 0 Å². The Labute approximate surface area is 117 Å². The Hall–Kier alpha value is 0.630. The SMILES string of the molecule is O=C/C=C/c1ccccc1.[NaH].[NaH]. The molecule has 0 saturated heterocycles. The third kappa shape index (κ3) is 6.18. The van der Waals surface area contributed by atoms with Gasteiger partial charge in [0.2, 0.25) is 0 Å². The standard InChI is InChI=1S/C9H8O.2Na.2H/c10-8-4-7-9-5-2-1-3-6-9;;;;/h1-8H;;;;/b7-4+;;;;. The van der Waals surface area contributed by atoms with E-state index in [0.717, 1.165) is 11.8 Å². The van der Waals surface area contributed by atoms with Gasteiger partial charge in [0, 0.05) is 0 Å². The minimum atomic E-state index is 0. The summed E-state index contributed by atoms with van der Waals surface area (Å²) < 4.78 is 0. The molecule has 1 aromatic rings. The maximum absolute atomic E-state index is 9.89. The van der Waals surface area contributed by atoms with E-state index in [1.165, 1.54) is 6.08 Å². The van der Waals surface area contributed by atoms with Gasteiger partial charge in [-0.15, -0.1) is 0 Å². The second-order valence-corrected chi connectivity index (χ2v) is 1.91. The van der Waals surface area contributed by atoms with E-state index in [9.17, 15) is 4.79 Å². The summed E-state index contributed by atoms with van der Waals surface area (Å²) in [5.74, 6) is 0. The van der Waals surface area contributed by atoms with E-state index < -0.39 is 0 Å². The number of carbonyl (C=O) groups is 1. The van der Waals surface area contributed by atoms with E-state index in [0.29, 0.717) is 0 Å². The van der Waals surface area contributed by atoms with Crippen molar-refractivity contribution in [1.29, 1.82) is 0 Å². The predicted molar refractivity (Wildman–Crippen MR) is 55.8 cm³/mol. The van der Waals surface area contributed by atoms with Crippen LogP contribution in [0.15, 0.2) is 36.4 Å². The van der Waals surface area contributed by atoms with Crippen molar-refractivity contribution in [3.8, 4) is 0 Å². The second-order valence-electron chi connectivity index (χ2n) is 1.91. The normalized spacial score (nSPS) is 8.33. The molecule has 0 fully saturated rings. The molecule has 1 nitrogen and oxygen atoms in total. The molecule has 0 aromatic heterocycles. The molecule has 12 heavy (non-hydrogen) atoms. The summed E-state index contributed by atoms with van der Waals surface area (Å²) >= 11 is 0. The Balaban J connectivity index is 0. The molecule has 0 unspecified atom stereocenters. The van der Waals surface area contributed by atoms with Crippen molar-refractivity contribution in [2.75, 3.05) is 0 Å². The molecule has 0 spiro atoms. The fourth-order valence-corrected chi connectivity index (χ4v) is 0.715. The van der Waals surface area contributed by atoms with Gasteiger partial charge in [0.05, 0.1) is 0 Å². The molecule has 0 heterocycles. The summed E-state index contributed by atoms with van der Waals surface area (Å²) in [6.07, 6.45) is 4.02. The quantitative estimate of drug-likeness (QED) is 0.370. The molecule has 0 amide bonds. The Morgan fingerprint density at radius 1 is 1.00 bits per heavy atom. The van der Waals surface area contributed by atoms with E-state index in [1.807, 2.05) is 30.3 Å². The molecule has 0 radical (unpaired) electrons. The first-order valence-corrected chi connectivity index (χ1v) is 3.10. The van der Waals surface area contributed by atoms with Gasteiger partial charge >= 0.3 is 59.1 Å². The van der Waals surface area contributed by atoms with Crippen LogP contribution in [0.25, 0.3) is 6.08 Å². The molecule has 54 valence electrons. The molecule has 0 atom stereocenters. The fraction of sp³-hybridized carbons (Fsp3) is 0. The molecule has 0 bridgehead atoms. The van der Waals surface area contributed by atoms with Gasteiger partial charge in [0.15, 0.2) is 0 Å². The molecule has 1 aromatic carbocycles. The van der Waals surface area contributed by atoms with Crippen LogP contribution in [0.3, 0.4) is 0 Å². The molecule has 0 aliphatic carbocycles. The van der Waals surface area contributed by atoms with E-state index in [1.54, 1.807) is 6.08 Å². The number of allylic oxidation sites excluding steroid dienone is 1. The first kappa shape index (κ1) is 15.1. The number of hydrogen-bond donors (Lipinski definition) is 0. The van der Waals surface area contributed by atoms with Crippen molar-refractivity contribution >= 4 is 71.5 Å². The topological polar surface area (TPSA) is 17.1 Å². The molecular weight excluding hydrogens is 170 g/mol. The average molecular weight is 180 g/mol. The predicted octanol–water partition coefficient (Wildman–Crippen LogP) is 0.602. The van der Waals surface area contributed by atoms with Crippen molar-refractivity contribution in [3.05, 3.63) is 42.0 Å². The molecule has 0 saturated carbocycles. The zero-order valence-corrected chi connectivity index (χ0v) is 5.53. The van der Waals surface area contributed by atoms with Crippen LogP contribution < -0.4 is 0 Å². The second kappa shape index (κ2) is 9.72. The summed E-state index contributed by atoms with van der Waals surface area (Å²) in [6, 6.07) is 9.70. The van der Waals surface area contributed by atoms with Gasteiger partial charge in [0.1, 0.15) is 6.29 Å². The summed E-state index contributed by atoms with van der Waals surface area (Å²) in [4.78, 5) is 9.89. The first-order chi connectivity index (χ1) is 4.93. The zero-order valence-electron chi connectivity index (χ0n) is 5.53. The fourth-order valence-electron chi connectivity index (χ4n) is 0.715. The molecule has 1 rings (SSSR count). The maximum atomic E-state index is 9.89. The van der Waals surface area contributed by atoms with Crippen molar-refractivity contribution in [2.45, 2.75) is 0 Å².